The summed E-state index contributed by atoms with van der Waals surface area (Å²) in [7, 11) is 0. The first kappa shape index (κ1) is 31.9. The molecule has 0 fully saturated rings. The van der Waals surface area contributed by atoms with Gasteiger partial charge in [-0.25, -0.2) is 0 Å². The highest BCUT2D eigenvalue weighted by atomic mass is 32.2. The SMILES string of the molecule is C=Nc1ccc(C(C)C)cc1SCCCC(=O)NC(CNC(=O)/C=C/CN(CC)CCC)C(C)CC. The zero-order chi connectivity index (χ0) is 26.9. The molecular formula is C29H48N4O2S. The molecule has 36 heavy (non-hydrogen) atoms. The summed E-state index contributed by atoms with van der Waals surface area (Å²) in [6.07, 6.45) is 6.77. The fourth-order valence-corrected chi connectivity index (χ4v) is 4.79. The molecule has 1 aromatic rings. The Morgan fingerprint density at radius 3 is 2.56 bits per heavy atom. The molecule has 2 atom stereocenters. The topological polar surface area (TPSA) is 73.8 Å². The Morgan fingerprint density at radius 2 is 1.94 bits per heavy atom. The Hall–Kier alpha value is -2.12. The molecular weight excluding hydrogens is 468 g/mol. The molecule has 6 nitrogen and oxygen atoms in total. The van der Waals surface area contributed by atoms with Crippen molar-refractivity contribution in [3.05, 3.63) is 35.9 Å². The third kappa shape index (κ3) is 12.2. The van der Waals surface area contributed by atoms with Crippen LogP contribution in [0.3, 0.4) is 0 Å². The van der Waals surface area contributed by atoms with Crippen LogP contribution in [-0.2, 0) is 9.59 Å². The number of carbonyl (C=O) groups is 2. The van der Waals surface area contributed by atoms with Gasteiger partial charge in [-0.05, 0) is 67.9 Å². The van der Waals surface area contributed by atoms with Gasteiger partial charge in [-0.15, -0.1) is 11.8 Å². The van der Waals surface area contributed by atoms with Crippen molar-refractivity contribution < 1.29 is 9.59 Å². The maximum Gasteiger partial charge on any atom is 0.243 e. The Bertz CT molecular complexity index is 841. The average Bonchev–Trinajstić information content (AvgIpc) is 2.87. The fourth-order valence-electron chi connectivity index (χ4n) is 3.78. The van der Waals surface area contributed by atoms with E-state index in [0.717, 1.165) is 55.2 Å². The molecule has 2 unspecified atom stereocenters. The Morgan fingerprint density at radius 1 is 1.19 bits per heavy atom. The van der Waals surface area contributed by atoms with E-state index in [1.165, 1.54) is 5.56 Å². The van der Waals surface area contributed by atoms with Crippen LogP contribution in [0.15, 0.2) is 40.2 Å². The van der Waals surface area contributed by atoms with Gasteiger partial charge in [0.15, 0.2) is 0 Å². The maximum atomic E-state index is 12.7. The number of rotatable bonds is 18. The number of nitrogens with zero attached hydrogens (tertiary/aromatic N) is 2. The highest BCUT2D eigenvalue weighted by molar-refractivity contribution is 7.99. The highest BCUT2D eigenvalue weighted by Crippen LogP contribution is 2.33. The molecule has 7 heteroatoms. The van der Waals surface area contributed by atoms with Crippen molar-refractivity contribution in [3.63, 3.8) is 0 Å². The standard InChI is InChI=1S/C29H48N4O2S/c1-8-17-33(10-3)18-11-13-28(34)31-21-26(23(6)9-2)32-29(35)14-12-19-36-27-20-24(22(4)5)15-16-25(27)30-7/h11,13,15-16,20,22-23,26H,7-10,12,14,17-19,21H2,1-6H3,(H,31,34)(H,32,35)/b13-11+. The molecule has 2 amide bonds. The Labute approximate surface area is 223 Å². The van der Waals surface area contributed by atoms with E-state index in [9.17, 15) is 9.59 Å². The van der Waals surface area contributed by atoms with E-state index in [1.807, 2.05) is 12.1 Å². The third-order valence-corrected chi connectivity index (χ3v) is 7.55. The Balaban J connectivity index is 2.51. The molecule has 0 aliphatic heterocycles. The van der Waals surface area contributed by atoms with Crippen LogP contribution in [0.4, 0.5) is 5.69 Å². The van der Waals surface area contributed by atoms with Crippen LogP contribution in [0.25, 0.3) is 0 Å². The van der Waals surface area contributed by atoms with Gasteiger partial charge in [0.1, 0.15) is 0 Å². The molecule has 202 valence electrons. The van der Waals surface area contributed by atoms with Crippen molar-refractivity contribution in [2.45, 2.75) is 84.1 Å². The summed E-state index contributed by atoms with van der Waals surface area (Å²) >= 11 is 1.72. The largest absolute Gasteiger partial charge is 0.351 e. The summed E-state index contributed by atoms with van der Waals surface area (Å²) in [5.41, 5.74) is 2.17. The van der Waals surface area contributed by atoms with Gasteiger partial charge in [0.25, 0.3) is 0 Å². The van der Waals surface area contributed by atoms with Gasteiger partial charge in [-0.2, -0.15) is 0 Å². The predicted octanol–water partition coefficient (Wildman–Crippen LogP) is 5.95. The van der Waals surface area contributed by atoms with E-state index in [4.69, 9.17) is 0 Å². The molecule has 0 bridgehead atoms. The van der Waals surface area contributed by atoms with Crippen molar-refractivity contribution >= 4 is 36.0 Å². The van der Waals surface area contributed by atoms with Gasteiger partial charge in [0.2, 0.25) is 11.8 Å². The van der Waals surface area contributed by atoms with Gasteiger partial charge in [0.05, 0.1) is 5.69 Å². The second-order valence-corrected chi connectivity index (χ2v) is 10.7. The van der Waals surface area contributed by atoms with Crippen molar-refractivity contribution in [1.29, 1.82) is 0 Å². The zero-order valence-electron chi connectivity index (χ0n) is 23.3. The van der Waals surface area contributed by atoms with Crippen molar-refractivity contribution in [1.82, 2.24) is 15.5 Å². The van der Waals surface area contributed by atoms with Gasteiger partial charge < -0.3 is 10.6 Å². The molecule has 0 aromatic heterocycles. The minimum Gasteiger partial charge on any atom is -0.351 e. The van der Waals surface area contributed by atoms with Crippen LogP contribution in [0.2, 0.25) is 0 Å². The summed E-state index contributed by atoms with van der Waals surface area (Å²) in [4.78, 5) is 32.5. The van der Waals surface area contributed by atoms with Crippen molar-refractivity contribution in [2.75, 3.05) is 31.9 Å². The summed E-state index contributed by atoms with van der Waals surface area (Å²) in [6.45, 7) is 19.7. The van der Waals surface area contributed by atoms with Gasteiger partial charge in [0, 0.05) is 36.5 Å². The Kier molecular flexibility index (Phi) is 16.1. The number of likely N-dealkylation sites (N-methyl/N-ethyl adjacent to an activating group) is 1. The molecule has 0 saturated carbocycles. The molecule has 0 spiro atoms. The van der Waals surface area contributed by atoms with Crippen LogP contribution in [0, 0.1) is 5.92 Å². The number of hydrogen-bond donors (Lipinski definition) is 2. The molecule has 1 aromatic carbocycles. The van der Waals surface area contributed by atoms with Gasteiger partial charge in [-0.3, -0.25) is 19.5 Å². The summed E-state index contributed by atoms with van der Waals surface area (Å²) in [5.74, 6) is 1.47. The molecule has 0 radical (unpaired) electrons. The van der Waals surface area contributed by atoms with Crippen LogP contribution >= 0.6 is 11.8 Å². The lowest BCUT2D eigenvalue weighted by atomic mass is 9.98. The lowest BCUT2D eigenvalue weighted by Gasteiger charge is -2.24. The number of nitrogens with one attached hydrogen (secondary N) is 2. The summed E-state index contributed by atoms with van der Waals surface area (Å²) in [6, 6.07) is 6.21. The van der Waals surface area contributed by atoms with E-state index >= 15 is 0 Å². The quantitative estimate of drug-likeness (QED) is 0.109. The first-order chi connectivity index (χ1) is 17.2. The van der Waals surface area contributed by atoms with Crippen LogP contribution in [0.1, 0.15) is 78.7 Å². The molecule has 0 saturated heterocycles. The smallest absolute Gasteiger partial charge is 0.243 e. The highest BCUT2D eigenvalue weighted by Gasteiger charge is 2.19. The van der Waals surface area contributed by atoms with Gasteiger partial charge >= 0.3 is 0 Å². The van der Waals surface area contributed by atoms with E-state index in [-0.39, 0.29) is 23.8 Å². The van der Waals surface area contributed by atoms with Crippen LogP contribution in [-0.4, -0.2) is 61.4 Å². The maximum absolute atomic E-state index is 12.7. The monoisotopic (exact) mass is 516 g/mol. The molecule has 0 aliphatic rings. The number of aliphatic imine (C=N–C) groups is 1. The molecule has 1 rings (SSSR count). The number of carbonyl (C=O) groups excluding carboxylic acids is 2. The van der Waals surface area contributed by atoms with E-state index in [2.05, 4.69) is 80.9 Å². The van der Waals surface area contributed by atoms with E-state index in [1.54, 1.807) is 17.8 Å². The molecule has 2 N–H and O–H groups in total. The lowest BCUT2D eigenvalue weighted by Crippen LogP contribution is -2.47. The first-order valence-electron chi connectivity index (χ1n) is 13.4. The van der Waals surface area contributed by atoms with Crippen LogP contribution < -0.4 is 10.6 Å². The van der Waals surface area contributed by atoms with Gasteiger partial charge in [-0.1, -0.05) is 60.1 Å². The summed E-state index contributed by atoms with van der Waals surface area (Å²) < 4.78 is 0. The van der Waals surface area contributed by atoms with Crippen LogP contribution in [0.5, 0.6) is 0 Å². The third-order valence-electron chi connectivity index (χ3n) is 6.42. The summed E-state index contributed by atoms with van der Waals surface area (Å²) in [5, 5.41) is 6.11. The normalized spacial score (nSPS) is 13.2. The van der Waals surface area contributed by atoms with E-state index < -0.39 is 0 Å². The number of thioether (sulfide) groups is 1. The number of hydrogen-bond acceptors (Lipinski definition) is 5. The average molecular weight is 517 g/mol. The van der Waals surface area contributed by atoms with Crippen molar-refractivity contribution in [2.24, 2.45) is 10.9 Å². The minimum atomic E-state index is -0.114. The lowest BCUT2D eigenvalue weighted by molar-refractivity contribution is -0.122. The number of amides is 2. The van der Waals surface area contributed by atoms with E-state index in [0.29, 0.717) is 18.9 Å². The second-order valence-electron chi connectivity index (χ2n) is 9.59. The zero-order valence-corrected chi connectivity index (χ0v) is 24.1. The van der Waals surface area contributed by atoms with Crippen molar-refractivity contribution in [3.8, 4) is 0 Å². The fraction of sp³-hybridized carbons (Fsp3) is 0.621. The first-order valence-corrected chi connectivity index (χ1v) is 14.4. The molecule has 0 heterocycles. The minimum absolute atomic E-state index is 0.0295. The molecule has 0 aliphatic carbocycles. The predicted molar refractivity (Wildman–Crippen MR) is 156 cm³/mol. The number of benzene rings is 1. The second kappa shape index (κ2) is 18.2.